The number of carboxylic acids is 1. The molecule has 1 unspecified atom stereocenters. The van der Waals surface area contributed by atoms with Gasteiger partial charge >= 0.3 is 12.0 Å². The minimum absolute atomic E-state index is 0.105. The zero-order valence-corrected chi connectivity index (χ0v) is 12.9. The number of carboxylic acid groups (broad SMARTS) is 1. The maximum Gasteiger partial charge on any atom is 0.326 e. The van der Waals surface area contributed by atoms with Crippen molar-refractivity contribution < 1.29 is 14.7 Å². The van der Waals surface area contributed by atoms with Crippen LogP contribution in [0.4, 0.5) is 4.79 Å². The van der Waals surface area contributed by atoms with Gasteiger partial charge in [-0.25, -0.2) is 9.59 Å². The second kappa shape index (κ2) is 7.89. The predicted molar refractivity (Wildman–Crippen MR) is 79.9 cm³/mol. The first-order valence-corrected chi connectivity index (χ1v) is 7.69. The van der Waals surface area contributed by atoms with Crippen molar-refractivity contribution >= 4 is 23.3 Å². The molecule has 0 aliphatic rings. The van der Waals surface area contributed by atoms with Gasteiger partial charge < -0.3 is 15.7 Å². The van der Waals surface area contributed by atoms with Crippen LogP contribution in [0, 0.1) is 5.92 Å². The van der Waals surface area contributed by atoms with Gasteiger partial charge in [0.2, 0.25) is 0 Å². The third-order valence-electron chi connectivity index (χ3n) is 3.39. The van der Waals surface area contributed by atoms with Crippen molar-refractivity contribution in [2.24, 2.45) is 5.92 Å². The highest BCUT2D eigenvalue weighted by atomic mass is 32.1. The van der Waals surface area contributed by atoms with Crippen molar-refractivity contribution in [1.82, 2.24) is 10.6 Å². The van der Waals surface area contributed by atoms with Gasteiger partial charge in [0, 0.05) is 4.88 Å². The van der Waals surface area contributed by atoms with Crippen LogP contribution < -0.4 is 10.6 Å². The number of aryl methyl sites for hydroxylation is 1. The predicted octanol–water partition coefficient (Wildman–Crippen LogP) is 2.61. The Bertz CT molecular complexity index is 459. The summed E-state index contributed by atoms with van der Waals surface area (Å²) in [7, 11) is 0. The summed E-state index contributed by atoms with van der Waals surface area (Å²) in [5.41, 5.74) is 1.21. The summed E-state index contributed by atoms with van der Waals surface area (Å²) in [5.74, 6) is -1.11. The fraction of sp³-hybridized carbons (Fsp3) is 0.571. The van der Waals surface area contributed by atoms with E-state index in [0.29, 0.717) is 13.0 Å². The number of amides is 2. The number of thiophene rings is 1. The molecule has 0 aliphatic heterocycles. The molecule has 0 aliphatic carbocycles. The molecule has 0 bridgehead atoms. The summed E-state index contributed by atoms with van der Waals surface area (Å²) in [6.07, 6.45) is 1.62. The van der Waals surface area contributed by atoms with Gasteiger partial charge in [0.25, 0.3) is 0 Å². The van der Waals surface area contributed by atoms with Gasteiger partial charge in [0.15, 0.2) is 0 Å². The Morgan fingerprint density at radius 3 is 2.65 bits per heavy atom. The van der Waals surface area contributed by atoms with Gasteiger partial charge in [0.05, 0.1) is 6.54 Å². The molecule has 0 radical (unpaired) electrons. The molecule has 0 fully saturated rings. The molecule has 0 saturated carbocycles. The molecule has 6 heteroatoms. The Kier molecular flexibility index (Phi) is 6.51. The summed E-state index contributed by atoms with van der Waals surface area (Å²) in [5, 5.41) is 16.4. The Hall–Kier alpha value is -1.56. The summed E-state index contributed by atoms with van der Waals surface area (Å²) >= 11 is 1.59. The second-order valence-corrected chi connectivity index (χ2v) is 5.75. The smallest absolute Gasteiger partial charge is 0.326 e. The normalized spacial score (nSPS) is 13.6. The number of hydrogen-bond acceptors (Lipinski definition) is 3. The standard InChI is InChI=1S/C14H22N2O3S/c1-4-9(3)12(13(17)18)16-14(19)15-8-11-10(5-2)6-7-20-11/h6-7,9,12H,4-5,8H2,1-3H3,(H,17,18)(H2,15,16,19)/t9?,12-/m0/s1. The molecule has 0 saturated heterocycles. The van der Waals surface area contributed by atoms with Crippen LogP contribution in [0.3, 0.4) is 0 Å². The Morgan fingerprint density at radius 1 is 1.40 bits per heavy atom. The molecule has 0 spiro atoms. The van der Waals surface area contributed by atoms with Gasteiger partial charge in [-0.05, 0) is 29.3 Å². The summed E-state index contributed by atoms with van der Waals surface area (Å²) in [6.45, 7) is 6.21. The number of rotatable bonds is 7. The van der Waals surface area contributed by atoms with E-state index in [9.17, 15) is 9.59 Å². The molecule has 1 aromatic heterocycles. The lowest BCUT2D eigenvalue weighted by Gasteiger charge is -2.20. The largest absolute Gasteiger partial charge is 0.480 e. The van der Waals surface area contributed by atoms with Crippen molar-refractivity contribution in [3.05, 3.63) is 21.9 Å². The van der Waals surface area contributed by atoms with Gasteiger partial charge in [0.1, 0.15) is 6.04 Å². The van der Waals surface area contributed by atoms with Crippen LogP contribution in [0.15, 0.2) is 11.4 Å². The van der Waals surface area contributed by atoms with Crippen LogP contribution in [-0.2, 0) is 17.8 Å². The van der Waals surface area contributed by atoms with Crippen LogP contribution in [0.5, 0.6) is 0 Å². The molecule has 0 aromatic carbocycles. The first-order valence-electron chi connectivity index (χ1n) is 6.81. The van der Waals surface area contributed by atoms with E-state index >= 15 is 0 Å². The van der Waals surface area contributed by atoms with Gasteiger partial charge in [-0.15, -0.1) is 11.3 Å². The third kappa shape index (κ3) is 4.52. The lowest BCUT2D eigenvalue weighted by Crippen LogP contribution is -2.48. The van der Waals surface area contributed by atoms with E-state index in [2.05, 4.69) is 17.6 Å². The van der Waals surface area contributed by atoms with E-state index in [0.717, 1.165) is 11.3 Å². The van der Waals surface area contributed by atoms with Crippen LogP contribution >= 0.6 is 11.3 Å². The van der Waals surface area contributed by atoms with E-state index in [1.165, 1.54) is 5.56 Å². The highest BCUT2D eigenvalue weighted by molar-refractivity contribution is 7.10. The van der Waals surface area contributed by atoms with Crippen LogP contribution in [0.2, 0.25) is 0 Å². The first-order chi connectivity index (χ1) is 9.49. The summed E-state index contributed by atoms with van der Waals surface area (Å²) in [6, 6.07) is 0.751. The molecular weight excluding hydrogens is 276 g/mol. The molecule has 1 rings (SSSR count). The van der Waals surface area contributed by atoms with E-state index in [4.69, 9.17) is 5.11 Å². The zero-order valence-electron chi connectivity index (χ0n) is 12.1. The molecule has 112 valence electrons. The van der Waals surface area contributed by atoms with Gasteiger partial charge in [-0.2, -0.15) is 0 Å². The second-order valence-electron chi connectivity index (χ2n) is 4.75. The average molecular weight is 298 g/mol. The van der Waals surface area contributed by atoms with Crippen molar-refractivity contribution in [1.29, 1.82) is 0 Å². The van der Waals surface area contributed by atoms with Gasteiger partial charge in [-0.3, -0.25) is 0 Å². The van der Waals surface area contributed by atoms with E-state index in [1.54, 1.807) is 11.3 Å². The quantitative estimate of drug-likeness (QED) is 0.724. The van der Waals surface area contributed by atoms with Crippen molar-refractivity contribution in [3.63, 3.8) is 0 Å². The zero-order chi connectivity index (χ0) is 15.1. The summed E-state index contributed by atoms with van der Waals surface area (Å²) < 4.78 is 0. The molecule has 20 heavy (non-hydrogen) atoms. The van der Waals surface area contributed by atoms with Crippen LogP contribution in [0.25, 0.3) is 0 Å². The van der Waals surface area contributed by atoms with Crippen molar-refractivity contribution in [2.75, 3.05) is 0 Å². The fourth-order valence-electron chi connectivity index (χ4n) is 1.87. The molecule has 2 atom stereocenters. The maximum absolute atomic E-state index is 11.8. The minimum atomic E-state index is -1.00. The van der Waals surface area contributed by atoms with E-state index < -0.39 is 18.0 Å². The van der Waals surface area contributed by atoms with E-state index in [1.807, 2.05) is 25.3 Å². The van der Waals surface area contributed by atoms with Crippen molar-refractivity contribution in [2.45, 2.75) is 46.2 Å². The monoisotopic (exact) mass is 298 g/mol. The Morgan fingerprint density at radius 2 is 2.10 bits per heavy atom. The van der Waals surface area contributed by atoms with Crippen molar-refractivity contribution in [3.8, 4) is 0 Å². The molecule has 5 nitrogen and oxygen atoms in total. The maximum atomic E-state index is 11.8. The van der Waals surface area contributed by atoms with E-state index in [-0.39, 0.29) is 5.92 Å². The lowest BCUT2D eigenvalue weighted by molar-refractivity contribution is -0.140. The Balaban J connectivity index is 2.52. The first kappa shape index (κ1) is 16.5. The topological polar surface area (TPSA) is 78.4 Å². The fourth-order valence-corrected chi connectivity index (χ4v) is 2.79. The number of carbonyl (C=O) groups excluding carboxylic acids is 1. The number of hydrogen-bond donors (Lipinski definition) is 3. The SMILES string of the molecule is CCc1ccsc1CNC(=O)N[C@H](C(=O)O)C(C)CC. The molecule has 1 aromatic rings. The molecule has 2 amide bonds. The van der Waals surface area contributed by atoms with Crippen LogP contribution in [-0.4, -0.2) is 23.1 Å². The molecular formula is C14H22N2O3S. The molecule has 3 N–H and O–H groups in total. The third-order valence-corrected chi connectivity index (χ3v) is 4.36. The minimum Gasteiger partial charge on any atom is -0.480 e. The number of nitrogens with one attached hydrogen (secondary N) is 2. The Labute approximate surface area is 123 Å². The number of carbonyl (C=O) groups is 2. The highest BCUT2D eigenvalue weighted by Gasteiger charge is 2.25. The number of aliphatic carboxylic acids is 1. The molecule has 1 heterocycles. The summed E-state index contributed by atoms with van der Waals surface area (Å²) in [4.78, 5) is 24.0. The highest BCUT2D eigenvalue weighted by Crippen LogP contribution is 2.16. The number of urea groups is 1. The average Bonchev–Trinajstić information content (AvgIpc) is 2.88. The van der Waals surface area contributed by atoms with Gasteiger partial charge in [-0.1, -0.05) is 27.2 Å². The van der Waals surface area contributed by atoms with Crippen LogP contribution in [0.1, 0.15) is 37.6 Å². The lowest BCUT2D eigenvalue weighted by atomic mass is 9.99.